The quantitative estimate of drug-likeness (QED) is 0.758. The van der Waals surface area contributed by atoms with Gasteiger partial charge in [-0.05, 0) is 42.8 Å². The molecule has 0 unspecified atom stereocenters. The maximum atomic E-state index is 13.9. The number of benzene rings is 1. The molecule has 5 nitrogen and oxygen atoms in total. The minimum atomic E-state index is -0.383. The molecule has 4 rings (SSSR count). The summed E-state index contributed by atoms with van der Waals surface area (Å²) in [5.41, 5.74) is 4.40. The molecule has 3 aromatic rings. The Balaban J connectivity index is 1.99. The van der Waals surface area contributed by atoms with Gasteiger partial charge in [-0.15, -0.1) is 0 Å². The molecule has 0 bridgehead atoms. The molecule has 2 N–H and O–H groups in total. The first kappa shape index (κ1) is 16.3. The van der Waals surface area contributed by atoms with Gasteiger partial charge in [0.2, 0.25) is 0 Å². The van der Waals surface area contributed by atoms with E-state index in [1.807, 2.05) is 6.07 Å². The normalized spacial score (nSPS) is 14.1. The molecule has 1 aromatic carbocycles. The van der Waals surface area contributed by atoms with E-state index in [1.54, 1.807) is 6.07 Å². The molecule has 0 spiro atoms. The number of nitrogens with one attached hydrogen (secondary N) is 2. The Kier molecular flexibility index (Phi) is 4.15. The van der Waals surface area contributed by atoms with Crippen molar-refractivity contribution < 1.29 is 9.13 Å². The summed E-state index contributed by atoms with van der Waals surface area (Å²) in [7, 11) is 1.53. The number of hydrogen-bond donors (Lipinski definition) is 2. The van der Waals surface area contributed by atoms with E-state index in [4.69, 9.17) is 4.74 Å². The number of ether oxygens (including phenoxy) is 1. The van der Waals surface area contributed by atoms with Gasteiger partial charge in [-0.1, -0.05) is 6.08 Å². The Morgan fingerprint density at radius 1 is 1.31 bits per heavy atom. The van der Waals surface area contributed by atoms with Crippen molar-refractivity contribution in [1.29, 1.82) is 5.26 Å². The Morgan fingerprint density at radius 2 is 2.19 bits per heavy atom. The lowest BCUT2D eigenvalue weighted by Gasteiger charge is -2.12. The second-order valence-electron chi connectivity index (χ2n) is 6.13. The zero-order valence-corrected chi connectivity index (χ0v) is 14.3. The molecule has 0 saturated carbocycles. The van der Waals surface area contributed by atoms with Crippen LogP contribution in [0.1, 0.15) is 17.7 Å². The number of aromatic amines is 1. The highest BCUT2D eigenvalue weighted by atomic mass is 19.1. The van der Waals surface area contributed by atoms with Crippen molar-refractivity contribution in [3.8, 4) is 22.9 Å². The summed E-state index contributed by atoms with van der Waals surface area (Å²) in [4.78, 5) is 7.70. The number of halogens is 1. The first-order valence-electron chi connectivity index (χ1n) is 8.37. The van der Waals surface area contributed by atoms with Crippen molar-refractivity contribution in [1.82, 2.24) is 15.3 Å². The number of fused-ring (bicyclic) bond motifs is 1. The average molecular weight is 348 g/mol. The van der Waals surface area contributed by atoms with Crippen LogP contribution in [0, 0.1) is 17.1 Å². The highest BCUT2D eigenvalue weighted by Crippen LogP contribution is 2.38. The molecule has 0 saturated heterocycles. The van der Waals surface area contributed by atoms with Crippen LogP contribution >= 0.6 is 0 Å². The van der Waals surface area contributed by atoms with Gasteiger partial charge in [0, 0.05) is 34.9 Å². The minimum Gasteiger partial charge on any atom is -0.496 e. The van der Waals surface area contributed by atoms with Crippen molar-refractivity contribution in [3.63, 3.8) is 0 Å². The highest BCUT2D eigenvalue weighted by Gasteiger charge is 2.19. The monoisotopic (exact) mass is 348 g/mol. The van der Waals surface area contributed by atoms with Crippen molar-refractivity contribution >= 4 is 16.6 Å². The predicted octanol–water partition coefficient (Wildman–Crippen LogP) is 3.63. The molecule has 0 fully saturated rings. The summed E-state index contributed by atoms with van der Waals surface area (Å²) in [5, 5.41) is 13.6. The molecule has 6 heteroatoms. The van der Waals surface area contributed by atoms with Crippen LogP contribution in [0.3, 0.4) is 0 Å². The van der Waals surface area contributed by atoms with Crippen LogP contribution in [-0.4, -0.2) is 30.2 Å². The molecule has 0 aliphatic carbocycles. The number of methoxy groups -OCH3 is 1. The second kappa shape index (κ2) is 6.62. The first-order valence-corrected chi connectivity index (χ1v) is 8.37. The van der Waals surface area contributed by atoms with Gasteiger partial charge in [-0.2, -0.15) is 5.26 Å². The van der Waals surface area contributed by atoms with Crippen LogP contribution in [0.2, 0.25) is 0 Å². The van der Waals surface area contributed by atoms with Crippen LogP contribution in [-0.2, 0) is 0 Å². The van der Waals surface area contributed by atoms with E-state index in [9.17, 15) is 9.65 Å². The number of hydrogen-bond acceptors (Lipinski definition) is 4. The largest absolute Gasteiger partial charge is 0.496 e. The standard InChI is InChI=1S/C20H17FN4O/c1-26-18-3-2-14(21)8-15(18)19-13(10-22)11-24-20-16(19)9-17(25-20)12-4-6-23-7-5-12/h2-4,8-9,11,23H,5-7H2,1H3,(H,24,25). The number of H-pyrrole nitrogens is 1. The summed E-state index contributed by atoms with van der Waals surface area (Å²) >= 11 is 0. The maximum absolute atomic E-state index is 13.9. The Hall–Kier alpha value is -3.17. The van der Waals surface area contributed by atoms with Crippen LogP contribution in [0.25, 0.3) is 27.7 Å². The third-order valence-electron chi connectivity index (χ3n) is 4.62. The fraction of sp³-hybridized carbons (Fsp3) is 0.200. The summed E-state index contributed by atoms with van der Waals surface area (Å²) in [6.07, 6.45) is 4.57. The van der Waals surface area contributed by atoms with Crippen molar-refractivity contribution in [2.24, 2.45) is 0 Å². The van der Waals surface area contributed by atoms with E-state index >= 15 is 0 Å². The van der Waals surface area contributed by atoms with Gasteiger partial charge in [0.1, 0.15) is 23.3 Å². The molecule has 1 aliphatic rings. The van der Waals surface area contributed by atoms with Crippen LogP contribution < -0.4 is 10.1 Å². The molecular formula is C20H17FN4O. The van der Waals surface area contributed by atoms with Gasteiger partial charge < -0.3 is 15.0 Å². The van der Waals surface area contributed by atoms with Crippen LogP contribution in [0.4, 0.5) is 4.39 Å². The SMILES string of the molecule is COc1ccc(F)cc1-c1c(C#N)cnc2[nH]c(C3=CCNCC3)cc12. The Morgan fingerprint density at radius 3 is 2.92 bits per heavy atom. The number of nitrogens with zero attached hydrogens (tertiary/aromatic N) is 2. The molecule has 3 heterocycles. The van der Waals surface area contributed by atoms with E-state index in [-0.39, 0.29) is 5.82 Å². The first-order chi connectivity index (χ1) is 12.7. The molecule has 26 heavy (non-hydrogen) atoms. The third-order valence-corrected chi connectivity index (χ3v) is 4.62. The van der Waals surface area contributed by atoms with E-state index in [2.05, 4.69) is 27.4 Å². The van der Waals surface area contributed by atoms with Gasteiger partial charge in [-0.25, -0.2) is 9.37 Å². The van der Waals surface area contributed by atoms with E-state index in [0.29, 0.717) is 28.1 Å². The molecule has 0 amide bonds. The second-order valence-corrected chi connectivity index (χ2v) is 6.13. The summed E-state index contributed by atoms with van der Waals surface area (Å²) in [6.45, 7) is 1.74. The van der Waals surface area contributed by atoms with Gasteiger partial charge in [-0.3, -0.25) is 0 Å². The smallest absolute Gasteiger partial charge is 0.138 e. The molecular weight excluding hydrogens is 331 g/mol. The Labute approximate surface area is 150 Å². The molecule has 2 aromatic heterocycles. The summed E-state index contributed by atoms with van der Waals surface area (Å²) in [6, 6.07) is 8.46. The Bertz CT molecular complexity index is 1060. The van der Waals surface area contributed by atoms with Crippen molar-refractivity contribution in [2.75, 3.05) is 20.2 Å². The van der Waals surface area contributed by atoms with Crippen molar-refractivity contribution in [3.05, 3.63) is 53.6 Å². The van der Waals surface area contributed by atoms with E-state index in [1.165, 1.54) is 31.0 Å². The summed E-state index contributed by atoms with van der Waals surface area (Å²) in [5.74, 6) is 0.130. The lowest BCUT2D eigenvalue weighted by atomic mass is 9.97. The highest BCUT2D eigenvalue weighted by molar-refractivity contribution is 5.99. The van der Waals surface area contributed by atoms with Crippen LogP contribution in [0.5, 0.6) is 5.75 Å². The molecule has 0 atom stereocenters. The zero-order chi connectivity index (χ0) is 18.1. The van der Waals surface area contributed by atoms with Crippen LogP contribution in [0.15, 0.2) is 36.5 Å². The minimum absolute atomic E-state index is 0.381. The van der Waals surface area contributed by atoms with E-state index < -0.39 is 0 Å². The average Bonchev–Trinajstić information content (AvgIpc) is 3.12. The fourth-order valence-electron chi connectivity index (χ4n) is 3.37. The molecule has 130 valence electrons. The van der Waals surface area contributed by atoms with Gasteiger partial charge in [0.05, 0.1) is 12.7 Å². The molecule has 1 aliphatic heterocycles. The van der Waals surface area contributed by atoms with E-state index in [0.717, 1.165) is 30.6 Å². The van der Waals surface area contributed by atoms with Gasteiger partial charge in [0.25, 0.3) is 0 Å². The lowest BCUT2D eigenvalue weighted by Crippen LogP contribution is -2.20. The fourth-order valence-corrected chi connectivity index (χ4v) is 3.37. The topological polar surface area (TPSA) is 73.7 Å². The third kappa shape index (κ3) is 2.72. The van der Waals surface area contributed by atoms with Gasteiger partial charge >= 0.3 is 0 Å². The maximum Gasteiger partial charge on any atom is 0.138 e. The number of aromatic nitrogens is 2. The number of pyridine rings is 1. The summed E-state index contributed by atoms with van der Waals surface area (Å²) < 4.78 is 19.3. The number of rotatable bonds is 3. The van der Waals surface area contributed by atoms with Crippen molar-refractivity contribution in [2.45, 2.75) is 6.42 Å². The predicted molar refractivity (Wildman–Crippen MR) is 98.2 cm³/mol. The lowest BCUT2D eigenvalue weighted by molar-refractivity contribution is 0.415. The zero-order valence-electron chi connectivity index (χ0n) is 14.3. The van der Waals surface area contributed by atoms with Gasteiger partial charge in [0.15, 0.2) is 0 Å². The molecule has 0 radical (unpaired) electrons. The number of nitriles is 1.